The Hall–Kier alpha value is -2.37. The largest absolute Gasteiger partial charge is 0.399 e. The maximum Gasteiger partial charge on any atom is 0.211 e. The molecule has 1 aromatic rings. The smallest absolute Gasteiger partial charge is 0.211 e. The molecule has 0 fully saturated rings. The van der Waals surface area contributed by atoms with E-state index in [-0.39, 0.29) is 5.96 Å². The van der Waals surface area contributed by atoms with Gasteiger partial charge in [-0.25, -0.2) is 0 Å². The van der Waals surface area contributed by atoms with Gasteiger partial charge in [-0.05, 0) is 37.6 Å². The van der Waals surface area contributed by atoms with E-state index in [0.29, 0.717) is 11.4 Å². The van der Waals surface area contributed by atoms with E-state index in [9.17, 15) is 0 Å². The zero-order valence-electron chi connectivity index (χ0n) is 10.8. The third-order valence-electron chi connectivity index (χ3n) is 2.44. The van der Waals surface area contributed by atoms with Gasteiger partial charge in [0.05, 0.1) is 5.71 Å². The maximum absolute atomic E-state index is 5.85. The van der Waals surface area contributed by atoms with Crippen LogP contribution in [0.1, 0.15) is 25.0 Å². The lowest BCUT2D eigenvalue weighted by Gasteiger charge is -2.06. The average molecular weight is 246 g/mol. The van der Waals surface area contributed by atoms with Crippen LogP contribution in [-0.4, -0.2) is 24.4 Å². The van der Waals surface area contributed by atoms with E-state index in [1.54, 1.807) is 7.05 Å². The molecule has 0 aliphatic heterocycles. The summed E-state index contributed by atoms with van der Waals surface area (Å²) in [4.78, 5) is 4.13. The summed E-state index contributed by atoms with van der Waals surface area (Å²) in [7, 11) is 1.73. The first-order chi connectivity index (χ1) is 8.43. The molecule has 0 aliphatic carbocycles. The van der Waals surface area contributed by atoms with E-state index in [0.717, 1.165) is 16.8 Å². The number of aliphatic imine (C=N–C) groups is 1. The fourth-order valence-electron chi connectivity index (χ4n) is 1.39. The van der Waals surface area contributed by atoms with Gasteiger partial charge in [0.1, 0.15) is 0 Å². The molecule has 0 spiro atoms. The predicted molar refractivity (Wildman–Crippen MR) is 77.0 cm³/mol. The second kappa shape index (κ2) is 5.81. The first-order valence-corrected chi connectivity index (χ1v) is 5.42. The molecule has 0 atom stereocenters. The van der Waals surface area contributed by atoms with Crippen molar-refractivity contribution in [1.82, 2.24) is 0 Å². The van der Waals surface area contributed by atoms with Gasteiger partial charge in [-0.15, -0.1) is 5.10 Å². The van der Waals surface area contributed by atoms with E-state index in [4.69, 9.17) is 17.2 Å². The van der Waals surface area contributed by atoms with Crippen molar-refractivity contribution in [1.29, 1.82) is 0 Å². The predicted octanol–water partition coefficient (Wildman–Crippen LogP) is 0.705. The summed E-state index contributed by atoms with van der Waals surface area (Å²) in [5.41, 5.74) is 20.3. The monoisotopic (exact) mass is 246 g/mol. The van der Waals surface area contributed by atoms with Gasteiger partial charge >= 0.3 is 0 Å². The fraction of sp³-hybridized carbons (Fsp3) is 0.250. The Morgan fingerprint density at radius 1 is 0.944 bits per heavy atom. The summed E-state index contributed by atoms with van der Waals surface area (Å²) < 4.78 is 0. The first-order valence-electron chi connectivity index (χ1n) is 5.42. The Balaban J connectivity index is 3.22. The highest BCUT2D eigenvalue weighted by Gasteiger charge is 2.04. The lowest BCUT2D eigenvalue weighted by atomic mass is 10.0. The molecule has 0 aliphatic rings. The Kier molecular flexibility index (Phi) is 4.42. The number of nitrogen functional groups attached to an aromatic ring is 1. The molecule has 6 N–H and O–H groups in total. The number of nitrogens with two attached hydrogens (primary N) is 3. The Bertz CT molecular complexity index is 523. The van der Waals surface area contributed by atoms with Crippen molar-refractivity contribution in [2.45, 2.75) is 13.8 Å². The number of anilines is 1. The molecule has 0 heterocycles. The van der Waals surface area contributed by atoms with E-state index < -0.39 is 0 Å². The van der Waals surface area contributed by atoms with Crippen LogP contribution in [-0.2, 0) is 0 Å². The lowest BCUT2D eigenvalue weighted by molar-refractivity contribution is 1.19. The standard InChI is InChI=1S/C12H18N6/c1-7(16-3)9-4-10(6-11(13)5-9)8(2)17-18-12(14)15/h4-6H,13H2,1-3H3,(H4,14,15,18)/b16-7?,17-8+. The van der Waals surface area contributed by atoms with Crippen LogP contribution in [0.4, 0.5) is 5.69 Å². The highest BCUT2D eigenvalue weighted by atomic mass is 15.3. The maximum atomic E-state index is 5.85. The number of hydrogen-bond donors (Lipinski definition) is 3. The molecule has 0 saturated heterocycles. The average Bonchev–Trinajstić information content (AvgIpc) is 2.34. The van der Waals surface area contributed by atoms with Crippen molar-refractivity contribution in [3.8, 4) is 0 Å². The molecule has 0 amide bonds. The van der Waals surface area contributed by atoms with Crippen LogP contribution in [0, 0.1) is 0 Å². The molecular formula is C12H18N6. The summed E-state index contributed by atoms with van der Waals surface area (Å²) in [6.45, 7) is 3.73. The molecule has 0 aromatic heterocycles. The minimum absolute atomic E-state index is 0.0789. The Labute approximate surface area is 106 Å². The van der Waals surface area contributed by atoms with Crippen molar-refractivity contribution in [2.75, 3.05) is 12.8 Å². The third kappa shape index (κ3) is 3.58. The van der Waals surface area contributed by atoms with E-state index >= 15 is 0 Å². The summed E-state index contributed by atoms with van der Waals surface area (Å²) in [5, 5.41) is 7.53. The zero-order chi connectivity index (χ0) is 13.7. The SMILES string of the molecule is CN=C(C)c1cc(N)cc(/C(C)=N/N=C(N)N)c1. The summed E-state index contributed by atoms with van der Waals surface area (Å²) in [5.74, 6) is -0.0789. The van der Waals surface area contributed by atoms with Gasteiger partial charge in [-0.2, -0.15) is 5.10 Å². The van der Waals surface area contributed by atoms with Gasteiger partial charge in [0.15, 0.2) is 0 Å². The van der Waals surface area contributed by atoms with Gasteiger partial charge in [-0.1, -0.05) is 0 Å². The van der Waals surface area contributed by atoms with Crippen molar-refractivity contribution in [3.05, 3.63) is 29.3 Å². The van der Waals surface area contributed by atoms with E-state index in [2.05, 4.69) is 15.2 Å². The van der Waals surface area contributed by atoms with Crippen LogP contribution in [0.2, 0.25) is 0 Å². The summed E-state index contributed by atoms with van der Waals surface area (Å²) in [6, 6.07) is 5.62. The number of guanidine groups is 1. The minimum atomic E-state index is -0.0789. The lowest BCUT2D eigenvalue weighted by Crippen LogP contribution is -2.22. The third-order valence-corrected chi connectivity index (χ3v) is 2.44. The number of benzene rings is 1. The molecule has 0 saturated carbocycles. The molecule has 0 radical (unpaired) electrons. The molecule has 18 heavy (non-hydrogen) atoms. The molecule has 0 unspecified atom stereocenters. The number of rotatable bonds is 3. The van der Waals surface area contributed by atoms with Gasteiger partial charge in [0.2, 0.25) is 5.96 Å². The molecule has 1 aromatic carbocycles. The summed E-state index contributed by atoms with van der Waals surface area (Å²) in [6.07, 6.45) is 0. The quantitative estimate of drug-likeness (QED) is 0.315. The van der Waals surface area contributed by atoms with Crippen molar-refractivity contribution in [3.63, 3.8) is 0 Å². The second-order valence-electron chi connectivity index (χ2n) is 3.86. The molecule has 6 nitrogen and oxygen atoms in total. The normalized spacial score (nSPS) is 12.4. The topological polar surface area (TPSA) is 115 Å². The molecule has 96 valence electrons. The van der Waals surface area contributed by atoms with Gasteiger partial charge in [0, 0.05) is 24.0 Å². The van der Waals surface area contributed by atoms with Crippen LogP contribution in [0.15, 0.2) is 33.4 Å². The molecular weight excluding hydrogens is 228 g/mol. The van der Waals surface area contributed by atoms with Crippen molar-refractivity contribution in [2.24, 2.45) is 26.7 Å². The highest BCUT2D eigenvalue weighted by Crippen LogP contribution is 2.14. The fourth-order valence-corrected chi connectivity index (χ4v) is 1.39. The van der Waals surface area contributed by atoms with Crippen LogP contribution in [0.3, 0.4) is 0 Å². The summed E-state index contributed by atoms with van der Waals surface area (Å²) >= 11 is 0. The van der Waals surface area contributed by atoms with Crippen LogP contribution >= 0.6 is 0 Å². The Morgan fingerprint density at radius 3 is 2.00 bits per heavy atom. The van der Waals surface area contributed by atoms with Gasteiger partial charge < -0.3 is 17.2 Å². The molecule has 0 bridgehead atoms. The zero-order valence-corrected chi connectivity index (χ0v) is 10.8. The minimum Gasteiger partial charge on any atom is -0.399 e. The van der Waals surface area contributed by atoms with Crippen molar-refractivity contribution >= 4 is 23.1 Å². The Morgan fingerprint density at radius 2 is 1.50 bits per heavy atom. The molecule has 6 heteroatoms. The van der Waals surface area contributed by atoms with Crippen LogP contribution in [0.5, 0.6) is 0 Å². The highest BCUT2D eigenvalue weighted by molar-refractivity contribution is 6.05. The van der Waals surface area contributed by atoms with Gasteiger partial charge in [-0.3, -0.25) is 4.99 Å². The number of hydrogen-bond acceptors (Lipinski definition) is 4. The van der Waals surface area contributed by atoms with E-state index in [1.807, 2.05) is 32.0 Å². The van der Waals surface area contributed by atoms with Crippen LogP contribution < -0.4 is 17.2 Å². The first kappa shape index (κ1) is 13.7. The van der Waals surface area contributed by atoms with Crippen LogP contribution in [0.25, 0.3) is 0 Å². The second-order valence-corrected chi connectivity index (χ2v) is 3.86. The van der Waals surface area contributed by atoms with E-state index in [1.165, 1.54) is 0 Å². The number of nitrogens with zero attached hydrogens (tertiary/aromatic N) is 3. The van der Waals surface area contributed by atoms with Crippen molar-refractivity contribution < 1.29 is 0 Å². The molecule has 1 rings (SSSR count). The van der Waals surface area contributed by atoms with Gasteiger partial charge in [0.25, 0.3) is 0 Å².